The van der Waals surface area contributed by atoms with Gasteiger partial charge in [0, 0.05) is 7.05 Å². The summed E-state index contributed by atoms with van der Waals surface area (Å²) in [5, 5.41) is 0.0660. The first kappa shape index (κ1) is 19.7. The largest absolute Gasteiger partial charge is 0.466 e. The molecule has 0 spiro atoms. The average Bonchev–Trinajstić information content (AvgIpc) is 2.86. The van der Waals surface area contributed by atoms with E-state index in [1.807, 2.05) is 30.7 Å². The molecule has 1 heterocycles. The molecule has 0 aliphatic carbocycles. The van der Waals surface area contributed by atoms with Crippen LogP contribution < -0.4 is 0 Å². The Bertz CT molecular complexity index is 747. The molecule has 1 aromatic heterocycles. The molecule has 0 bridgehead atoms. The molecule has 0 saturated heterocycles. The molecular weight excluding hydrogens is 332 g/mol. The Kier molecular flexibility index (Phi) is 5.74. The predicted molar refractivity (Wildman–Crippen MR) is 103 cm³/mol. The number of rotatable bonds is 6. The molecule has 1 atom stereocenters. The minimum atomic E-state index is -2.04. The molecule has 2 rings (SSSR count). The van der Waals surface area contributed by atoms with Crippen molar-refractivity contribution in [2.45, 2.75) is 58.4 Å². The van der Waals surface area contributed by atoms with Crippen LogP contribution in [-0.4, -0.2) is 30.4 Å². The van der Waals surface area contributed by atoms with Crippen LogP contribution in [0.5, 0.6) is 0 Å². The third-order valence-corrected chi connectivity index (χ3v) is 9.51. The summed E-state index contributed by atoms with van der Waals surface area (Å²) in [6.07, 6.45) is 1.71. The van der Waals surface area contributed by atoms with Gasteiger partial charge >= 0.3 is 5.97 Å². The summed E-state index contributed by atoms with van der Waals surface area (Å²) in [7, 11) is -0.0693. The zero-order chi connectivity index (χ0) is 18.8. The number of imidazole rings is 1. The van der Waals surface area contributed by atoms with Crippen molar-refractivity contribution in [3.8, 4) is 0 Å². The number of ether oxygens (including phenoxy) is 1. The minimum absolute atomic E-state index is 0.0660. The number of carbonyl (C=O) groups is 1. The first-order valence-electron chi connectivity index (χ1n) is 8.79. The molecule has 0 aliphatic rings. The van der Waals surface area contributed by atoms with E-state index in [2.05, 4.69) is 44.9 Å². The van der Waals surface area contributed by atoms with E-state index in [-0.39, 0.29) is 23.5 Å². The number of hydrogen-bond acceptors (Lipinski definition) is 4. The summed E-state index contributed by atoms with van der Waals surface area (Å²) in [5.41, 5.74) is 2.97. The zero-order valence-electron chi connectivity index (χ0n) is 16.4. The predicted octanol–water partition coefficient (Wildman–Crippen LogP) is 4.59. The lowest BCUT2D eigenvalue weighted by Gasteiger charge is -2.39. The summed E-state index contributed by atoms with van der Waals surface area (Å²) in [4.78, 5) is 16.5. The summed E-state index contributed by atoms with van der Waals surface area (Å²) < 4.78 is 13.7. The molecule has 0 saturated carbocycles. The highest BCUT2D eigenvalue weighted by molar-refractivity contribution is 6.74. The van der Waals surface area contributed by atoms with Crippen molar-refractivity contribution in [2.75, 3.05) is 6.61 Å². The normalized spacial score (nSPS) is 13.9. The van der Waals surface area contributed by atoms with Crippen LogP contribution in [0.4, 0.5) is 0 Å². The van der Waals surface area contributed by atoms with Crippen LogP contribution in [0.3, 0.4) is 0 Å². The Balaban J connectivity index is 2.38. The Morgan fingerprint density at radius 3 is 2.60 bits per heavy atom. The van der Waals surface area contributed by atoms with Crippen molar-refractivity contribution in [2.24, 2.45) is 7.05 Å². The summed E-state index contributed by atoms with van der Waals surface area (Å²) in [5.74, 6) is -0.226. The van der Waals surface area contributed by atoms with Crippen LogP contribution >= 0.6 is 0 Å². The van der Waals surface area contributed by atoms with Gasteiger partial charge in [-0.3, -0.25) is 4.79 Å². The van der Waals surface area contributed by atoms with E-state index in [0.29, 0.717) is 6.61 Å². The van der Waals surface area contributed by atoms with E-state index in [4.69, 9.17) is 9.16 Å². The van der Waals surface area contributed by atoms with Crippen LogP contribution in [0, 0.1) is 0 Å². The maximum absolute atomic E-state index is 12.1. The molecule has 25 heavy (non-hydrogen) atoms. The first-order chi connectivity index (χ1) is 11.5. The third kappa shape index (κ3) is 4.49. The molecular formula is C19H30N2O3Si. The van der Waals surface area contributed by atoms with Gasteiger partial charge in [0.05, 0.1) is 36.5 Å². The molecule has 6 heteroatoms. The lowest BCUT2D eigenvalue weighted by molar-refractivity contribution is -0.145. The Morgan fingerprint density at radius 2 is 2.00 bits per heavy atom. The van der Waals surface area contributed by atoms with E-state index in [0.717, 1.165) is 16.6 Å². The standard InChI is InChI=1S/C19H30N2O3Si/c1-8-23-18(22)12-17(24-25(6,7)19(2,3)4)14-9-10-15-16(11-14)21(5)13-20-15/h9-11,13,17H,8,12H2,1-7H3/t17-/m0/s1. The fraction of sp³-hybridized carbons (Fsp3) is 0.579. The van der Waals surface area contributed by atoms with Crippen LogP contribution in [0.15, 0.2) is 24.5 Å². The summed E-state index contributed by atoms with van der Waals surface area (Å²) in [6, 6.07) is 6.06. The Hall–Kier alpha value is -1.66. The number of nitrogens with zero attached hydrogens (tertiary/aromatic N) is 2. The monoisotopic (exact) mass is 362 g/mol. The molecule has 0 N–H and O–H groups in total. The smallest absolute Gasteiger partial charge is 0.308 e. The molecule has 2 aromatic rings. The molecule has 0 radical (unpaired) electrons. The molecule has 1 aromatic carbocycles. The SMILES string of the molecule is CCOC(=O)C[C@H](O[Si](C)(C)C(C)(C)C)c1ccc2ncn(C)c2c1. The van der Waals surface area contributed by atoms with E-state index in [1.54, 1.807) is 6.33 Å². The van der Waals surface area contributed by atoms with Crippen molar-refractivity contribution in [3.63, 3.8) is 0 Å². The Labute approximate surface area is 151 Å². The van der Waals surface area contributed by atoms with Crippen molar-refractivity contribution in [1.29, 1.82) is 0 Å². The topological polar surface area (TPSA) is 53.4 Å². The molecule has 5 nitrogen and oxygen atoms in total. The van der Waals surface area contributed by atoms with Crippen LogP contribution in [-0.2, 0) is 21.0 Å². The maximum atomic E-state index is 12.1. The van der Waals surface area contributed by atoms with Gasteiger partial charge in [0.15, 0.2) is 8.32 Å². The Morgan fingerprint density at radius 1 is 1.32 bits per heavy atom. The van der Waals surface area contributed by atoms with Crippen molar-refractivity contribution < 1.29 is 14.0 Å². The minimum Gasteiger partial charge on any atom is -0.466 e. The highest BCUT2D eigenvalue weighted by atomic mass is 28.4. The second-order valence-corrected chi connectivity index (χ2v) is 12.7. The summed E-state index contributed by atoms with van der Waals surface area (Å²) >= 11 is 0. The van der Waals surface area contributed by atoms with Gasteiger partial charge in [-0.25, -0.2) is 4.98 Å². The number of aryl methyl sites for hydroxylation is 1. The maximum Gasteiger partial charge on any atom is 0.308 e. The van der Waals surface area contributed by atoms with Gasteiger partial charge < -0.3 is 13.7 Å². The number of aromatic nitrogens is 2. The van der Waals surface area contributed by atoms with Crippen molar-refractivity contribution >= 4 is 25.3 Å². The molecule has 0 amide bonds. The fourth-order valence-corrected chi connectivity index (χ4v) is 3.76. The molecule has 0 fully saturated rings. The van der Waals surface area contributed by atoms with E-state index < -0.39 is 8.32 Å². The van der Waals surface area contributed by atoms with Gasteiger partial charge in [0.2, 0.25) is 0 Å². The molecule has 138 valence electrons. The lowest BCUT2D eigenvalue weighted by Crippen LogP contribution is -2.42. The van der Waals surface area contributed by atoms with Crippen LogP contribution in [0.1, 0.15) is 45.8 Å². The highest BCUT2D eigenvalue weighted by Crippen LogP contribution is 2.40. The van der Waals surface area contributed by atoms with Gasteiger partial charge in [-0.05, 0) is 42.8 Å². The third-order valence-electron chi connectivity index (χ3n) is 5.02. The van der Waals surface area contributed by atoms with Gasteiger partial charge in [-0.15, -0.1) is 0 Å². The first-order valence-corrected chi connectivity index (χ1v) is 11.7. The number of hydrogen-bond donors (Lipinski definition) is 0. The van der Waals surface area contributed by atoms with Crippen molar-refractivity contribution in [1.82, 2.24) is 9.55 Å². The van der Waals surface area contributed by atoms with E-state index in [9.17, 15) is 4.79 Å². The highest BCUT2D eigenvalue weighted by Gasteiger charge is 2.40. The molecule has 0 aliphatic heterocycles. The average molecular weight is 363 g/mol. The second-order valence-electron chi connectivity index (χ2n) is 7.98. The van der Waals surface area contributed by atoms with Crippen molar-refractivity contribution in [3.05, 3.63) is 30.1 Å². The molecule has 0 unspecified atom stereocenters. The van der Waals surface area contributed by atoms with Gasteiger partial charge in [0.25, 0.3) is 0 Å². The lowest BCUT2D eigenvalue weighted by atomic mass is 10.1. The number of benzene rings is 1. The van der Waals surface area contributed by atoms with E-state index in [1.165, 1.54) is 0 Å². The van der Waals surface area contributed by atoms with E-state index >= 15 is 0 Å². The van der Waals surface area contributed by atoms with Gasteiger partial charge in [-0.1, -0.05) is 26.8 Å². The van der Waals surface area contributed by atoms with Crippen LogP contribution in [0.2, 0.25) is 18.1 Å². The fourth-order valence-electron chi connectivity index (χ4n) is 2.47. The number of esters is 1. The number of fused-ring (bicyclic) bond motifs is 1. The van der Waals surface area contributed by atoms with Gasteiger partial charge in [-0.2, -0.15) is 0 Å². The number of carbonyl (C=O) groups excluding carboxylic acids is 1. The second kappa shape index (κ2) is 7.29. The summed E-state index contributed by atoms with van der Waals surface area (Å²) in [6.45, 7) is 13.2. The van der Waals surface area contributed by atoms with Gasteiger partial charge in [0.1, 0.15) is 0 Å². The van der Waals surface area contributed by atoms with Crippen LogP contribution in [0.25, 0.3) is 11.0 Å². The quantitative estimate of drug-likeness (QED) is 0.557. The zero-order valence-corrected chi connectivity index (χ0v) is 17.4.